The molecule has 104 valence electrons. The summed E-state index contributed by atoms with van der Waals surface area (Å²) in [4.78, 5) is 11.7. The van der Waals surface area contributed by atoms with Crippen molar-refractivity contribution in [2.24, 2.45) is 0 Å². The molecule has 1 aromatic rings. The molecule has 1 atom stereocenters. The summed E-state index contributed by atoms with van der Waals surface area (Å²) >= 11 is 0. The van der Waals surface area contributed by atoms with Crippen molar-refractivity contribution in [3.05, 3.63) is 29.8 Å². The highest BCUT2D eigenvalue weighted by molar-refractivity contribution is 7.89. The molecule has 1 saturated heterocycles. The molecule has 1 aliphatic rings. The summed E-state index contributed by atoms with van der Waals surface area (Å²) < 4.78 is 26.0. The zero-order valence-electron chi connectivity index (χ0n) is 10.7. The van der Waals surface area contributed by atoms with E-state index in [2.05, 4.69) is 0 Å². The summed E-state index contributed by atoms with van der Waals surface area (Å²) in [5.41, 5.74) is 0.406. The molecular weight excluding hydrogens is 266 g/mol. The normalized spacial score (nSPS) is 20.6. The number of hydrogen-bond donors (Lipinski definition) is 1. The molecule has 0 amide bonds. The van der Waals surface area contributed by atoms with Gasteiger partial charge in [0.1, 0.15) is 0 Å². The Bertz CT molecular complexity index is 582. The van der Waals surface area contributed by atoms with Gasteiger partial charge in [-0.15, -0.1) is 0 Å². The molecule has 0 spiro atoms. The van der Waals surface area contributed by atoms with Crippen molar-refractivity contribution in [3.8, 4) is 0 Å². The Morgan fingerprint density at radius 2 is 2.21 bits per heavy atom. The van der Waals surface area contributed by atoms with Crippen LogP contribution in [0.4, 0.5) is 0 Å². The Balaban J connectivity index is 2.33. The maximum atomic E-state index is 12.3. The van der Waals surface area contributed by atoms with Crippen molar-refractivity contribution in [2.75, 3.05) is 13.1 Å². The van der Waals surface area contributed by atoms with E-state index in [1.807, 2.05) is 0 Å². The van der Waals surface area contributed by atoms with Gasteiger partial charge in [-0.25, -0.2) is 8.42 Å². The average Bonchev–Trinajstić information content (AvgIpc) is 2.85. The van der Waals surface area contributed by atoms with E-state index >= 15 is 0 Å². The zero-order chi connectivity index (χ0) is 14.0. The Morgan fingerprint density at radius 1 is 1.47 bits per heavy atom. The van der Waals surface area contributed by atoms with Crippen LogP contribution in [0.2, 0.25) is 0 Å². The maximum Gasteiger partial charge on any atom is 0.243 e. The second-order valence-corrected chi connectivity index (χ2v) is 6.55. The molecule has 1 aromatic carbocycles. The number of ketones is 1. The lowest BCUT2D eigenvalue weighted by Crippen LogP contribution is -2.29. The van der Waals surface area contributed by atoms with Crippen LogP contribution in [0.5, 0.6) is 0 Å². The lowest BCUT2D eigenvalue weighted by molar-refractivity contribution is 0.0988. The van der Waals surface area contributed by atoms with Gasteiger partial charge < -0.3 is 5.11 Å². The first-order valence-corrected chi connectivity index (χ1v) is 7.70. The van der Waals surface area contributed by atoms with E-state index in [1.165, 1.54) is 16.4 Å². The Hall–Kier alpha value is -1.24. The molecule has 6 heteroatoms. The fourth-order valence-corrected chi connectivity index (χ4v) is 3.65. The number of rotatable bonds is 4. The largest absolute Gasteiger partial charge is 0.392 e. The lowest BCUT2D eigenvalue weighted by atomic mass is 10.1. The van der Waals surface area contributed by atoms with Crippen LogP contribution in [0.25, 0.3) is 0 Å². The number of hydrogen-bond acceptors (Lipinski definition) is 4. The van der Waals surface area contributed by atoms with Gasteiger partial charge in [0, 0.05) is 25.1 Å². The molecule has 5 nitrogen and oxygen atoms in total. The Morgan fingerprint density at radius 3 is 2.79 bits per heavy atom. The van der Waals surface area contributed by atoms with Gasteiger partial charge in [0.2, 0.25) is 10.0 Å². The molecule has 1 N–H and O–H groups in total. The smallest absolute Gasteiger partial charge is 0.243 e. The third-order valence-corrected chi connectivity index (χ3v) is 5.10. The number of β-amino-alcohol motifs (C(OH)–C–C–N with tert-alkyl or cyclic N) is 1. The fraction of sp³-hybridized carbons (Fsp3) is 0.462. The van der Waals surface area contributed by atoms with Gasteiger partial charge in [-0.1, -0.05) is 19.1 Å². The minimum absolute atomic E-state index is 0.0847. The summed E-state index contributed by atoms with van der Waals surface area (Å²) in [6.07, 6.45) is 0.189. The summed E-state index contributed by atoms with van der Waals surface area (Å²) in [5, 5.41) is 9.43. The minimum atomic E-state index is -3.61. The predicted molar refractivity (Wildman–Crippen MR) is 70.4 cm³/mol. The summed E-state index contributed by atoms with van der Waals surface area (Å²) in [6.45, 7) is 2.17. The SMILES string of the molecule is CCC(=O)c1cccc(S(=O)(=O)N2CCC(O)C2)c1. The van der Waals surface area contributed by atoms with Crippen LogP contribution in [-0.4, -0.2) is 42.8 Å². The van der Waals surface area contributed by atoms with E-state index in [1.54, 1.807) is 19.1 Å². The van der Waals surface area contributed by atoms with Crippen molar-refractivity contribution in [3.63, 3.8) is 0 Å². The summed E-state index contributed by atoms with van der Waals surface area (Å²) in [5.74, 6) is -0.0847. The second-order valence-electron chi connectivity index (χ2n) is 4.61. The molecule has 0 bridgehead atoms. The van der Waals surface area contributed by atoms with Crippen LogP contribution in [-0.2, 0) is 10.0 Å². The topological polar surface area (TPSA) is 74.7 Å². The highest BCUT2D eigenvalue weighted by Gasteiger charge is 2.31. The number of carbonyl (C=O) groups excluding carboxylic acids is 1. The van der Waals surface area contributed by atoms with E-state index in [0.29, 0.717) is 24.9 Å². The molecule has 0 radical (unpaired) electrons. The quantitative estimate of drug-likeness (QED) is 0.838. The molecule has 1 heterocycles. The third-order valence-electron chi connectivity index (χ3n) is 3.24. The first-order valence-electron chi connectivity index (χ1n) is 6.26. The second kappa shape index (κ2) is 5.40. The molecule has 1 aliphatic heterocycles. The van der Waals surface area contributed by atoms with E-state index in [9.17, 15) is 18.3 Å². The minimum Gasteiger partial charge on any atom is -0.392 e. The number of Topliss-reactive ketones (excluding diaryl/α,β-unsaturated/α-hetero) is 1. The van der Waals surface area contributed by atoms with E-state index in [-0.39, 0.29) is 17.2 Å². The number of nitrogens with zero attached hydrogens (tertiary/aromatic N) is 1. The highest BCUT2D eigenvalue weighted by Crippen LogP contribution is 2.22. The third kappa shape index (κ3) is 2.86. The Kier molecular flexibility index (Phi) is 4.03. The molecule has 2 rings (SSSR count). The number of aliphatic hydroxyl groups is 1. The van der Waals surface area contributed by atoms with Gasteiger partial charge in [0.05, 0.1) is 11.0 Å². The van der Waals surface area contributed by atoms with E-state index in [4.69, 9.17) is 0 Å². The van der Waals surface area contributed by atoms with Crippen LogP contribution in [0.3, 0.4) is 0 Å². The first kappa shape index (κ1) is 14.2. The van der Waals surface area contributed by atoms with Gasteiger partial charge in [-0.05, 0) is 18.6 Å². The summed E-state index contributed by atoms with van der Waals surface area (Å²) in [7, 11) is -3.61. The number of benzene rings is 1. The molecule has 1 fully saturated rings. The van der Waals surface area contributed by atoms with Gasteiger partial charge in [-0.3, -0.25) is 4.79 Å². The molecule has 0 saturated carbocycles. The fourth-order valence-electron chi connectivity index (χ4n) is 2.11. The van der Waals surface area contributed by atoms with E-state index in [0.717, 1.165) is 0 Å². The van der Waals surface area contributed by atoms with Gasteiger partial charge in [-0.2, -0.15) is 4.31 Å². The standard InChI is InChI=1S/C13H17NO4S/c1-2-13(16)10-4-3-5-12(8-10)19(17,18)14-7-6-11(15)9-14/h3-5,8,11,15H,2,6-7,9H2,1H3. The van der Waals surface area contributed by atoms with Gasteiger partial charge in [0.15, 0.2) is 5.78 Å². The summed E-state index contributed by atoms with van der Waals surface area (Å²) in [6, 6.07) is 6.07. The van der Waals surface area contributed by atoms with Crippen molar-refractivity contribution >= 4 is 15.8 Å². The van der Waals surface area contributed by atoms with Gasteiger partial charge >= 0.3 is 0 Å². The highest BCUT2D eigenvalue weighted by atomic mass is 32.2. The predicted octanol–water partition coefficient (Wildman–Crippen LogP) is 1.03. The van der Waals surface area contributed by atoms with Crippen molar-refractivity contribution in [1.82, 2.24) is 4.31 Å². The molecule has 0 aliphatic carbocycles. The van der Waals surface area contributed by atoms with Crippen LogP contribution in [0.1, 0.15) is 30.1 Å². The Labute approximate surface area is 112 Å². The van der Waals surface area contributed by atoms with Gasteiger partial charge in [0.25, 0.3) is 0 Å². The molecule has 19 heavy (non-hydrogen) atoms. The average molecular weight is 283 g/mol. The number of sulfonamides is 1. The lowest BCUT2D eigenvalue weighted by Gasteiger charge is -2.16. The van der Waals surface area contributed by atoms with Crippen molar-refractivity contribution < 1.29 is 18.3 Å². The van der Waals surface area contributed by atoms with Crippen LogP contribution in [0.15, 0.2) is 29.2 Å². The number of carbonyl (C=O) groups is 1. The van der Waals surface area contributed by atoms with Crippen molar-refractivity contribution in [2.45, 2.75) is 30.8 Å². The number of aliphatic hydroxyl groups excluding tert-OH is 1. The maximum absolute atomic E-state index is 12.3. The van der Waals surface area contributed by atoms with Crippen LogP contribution in [0, 0.1) is 0 Å². The van der Waals surface area contributed by atoms with Crippen LogP contribution >= 0.6 is 0 Å². The molecular formula is C13H17NO4S. The van der Waals surface area contributed by atoms with Crippen molar-refractivity contribution in [1.29, 1.82) is 0 Å². The van der Waals surface area contributed by atoms with E-state index < -0.39 is 16.1 Å². The molecule has 1 unspecified atom stereocenters. The molecule has 0 aromatic heterocycles. The van der Waals surface area contributed by atoms with Crippen LogP contribution < -0.4 is 0 Å². The zero-order valence-corrected chi connectivity index (χ0v) is 11.6. The monoisotopic (exact) mass is 283 g/mol. The first-order chi connectivity index (χ1) is 8.95.